The van der Waals surface area contributed by atoms with Crippen molar-refractivity contribution >= 4 is 5.69 Å². The number of aromatic nitrogens is 1. The van der Waals surface area contributed by atoms with E-state index in [1.807, 2.05) is 30.4 Å². The second-order valence-electron chi connectivity index (χ2n) is 4.10. The van der Waals surface area contributed by atoms with Crippen molar-refractivity contribution in [2.24, 2.45) is 0 Å². The van der Waals surface area contributed by atoms with Crippen molar-refractivity contribution in [2.45, 2.75) is 26.4 Å². The number of nitrogens with one attached hydrogen (secondary N) is 1. The molecule has 0 amide bonds. The molecular weight excluding hydrogens is 198 g/mol. The standard InChI is InChI=1S/C13H19N3/c1-5-8-16(4)13-10-14-7-6-12(13)9-15-11(2)3/h1,6-7,10-11,15H,8-9H2,2-4H3. The Morgan fingerprint density at radius 2 is 2.31 bits per heavy atom. The fourth-order valence-electron chi connectivity index (χ4n) is 1.44. The zero-order chi connectivity index (χ0) is 12.0. The molecule has 0 fully saturated rings. The van der Waals surface area contributed by atoms with Gasteiger partial charge in [0.1, 0.15) is 0 Å². The van der Waals surface area contributed by atoms with Gasteiger partial charge in [0.05, 0.1) is 18.4 Å². The first-order chi connectivity index (χ1) is 7.65. The van der Waals surface area contributed by atoms with Crippen LogP contribution in [-0.4, -0.2) is 24.6 Å². The van der Waals surface area contributed by atoms with E-state index in [-0.39, 0.29) is 0 Å². The molecule has 0 aromatic carbocycles. The highest BCUT2D eigenvalue weighted by molar-refractivity contribution is 5.51. The lowest BCUT2D eigenvalue weighted by molar-refractivity contribution is 0.588. The second kappa shape index (κ2) is 6.14. The Morgan fingerprint density at radius 3 is 2.94 bits per heavy atom. The van der Waals surface area contributed by atoms with E-state index in [4.69, 9.17) is 6.42 Å². The SMILES string of the molecule is C#CCN(C)c1cnccc1CNC(C)C. The molecule has 1 aromatic heterocycles. The topological polar surface area (TPSA) is 28.2 Å². The largest absolute Gasteiger partial charge is 0.362 e. The molecule has 86 valence electrons. The quantitative estimate of drug-likeness (QED) is 0.760. The van der Waals surface area contributed by atoms with Crippen molar-refractivity contribution < 1.29 is 0 Å². The van der Waals surface area contributed by atoms with Crippen LogP contribution in [-0.2, 0) is 6.54 Å². The van der Waals surface area contributed by atoms with Gasteiger partial charge in [0.25, 0.3) is 0 Å². The number of nitrogens with zero attached hydrogens (tertiary/aromatic N) is 2. The lowest BCUT2D eigenvalue weighted by Gasteiger charge is -2.20. The minimum absolute atomic E-state index is 0.471. The lowest BCUT2D eigenvalue weighted by Crippen LogP contribution is -2.25. The Labute approximate surface area is 97.9 Å². The Balaban J connectivity index is 2.79. The summed E-state index contributed by atoms with van der Waals surface area (Å²) in [6, 6.07) is 2.50. The first kappa shape index (κ1) is 12.5. The molecule has 16 heavy (non-hydrogen) atoms. The molecule has 1 aromatic rings. The molecular formula is C13H19N3. The van der Waals surface area contributed by atoms with Crippen LogP contribution >= 0.6 is 0 Å². The van der Waals surface area contributed by atoms with Gasteiger partial charge in [-0.15, -0.1) is 6.42 Å². The molecule has 0 spiro atoms. The summed E-state index contributed by atoms with van der Waals surface area (Å²) in [6.07, 6.45) is 8.98. The number of terminal acetylenes is 1. The van der Waals surface area contributed by atoms with Crippen LogP contribution in [0.2, 0.25) is 0 Å². The molecule has 1 heterocycles. The molecule has 0 radical (unpaired) electrons. The van der Waals surface area contributed by atoms with Crippen LogP contribution in [0.1, 0.15) is 19.4 Å². The van der Waals surface area contributed by atoms with Crippen molar-refractivity contribution in [1.82, 2.24) is 10.3 Å². The molecule has 3 heteroatoms. The van der Waals surface area contributed by atoms with Crippen molar-refractivity contribution in [1.29, 1.82) is 0 Å². The maximum Gasteiger partial charge on any atom is 0.0789 e. The molecule has 1 N–H and O–H groups in total. The zero-order valence-corrected chi connectivity index (χ0v) is 10.2. The first-order valence-corrected chi connectivity index (χ1v) is 5.46. The second-order valence-corrected chi connectivity index (χ2v) is 4.10. The van der Waals surface area contributed by atoms with Gasteiger partial charge >= 0.3 is 0 Å². The van der Waals surface area contributed by atoms with Gasteiger partial charge < -0.3 is 10.2 Å². The summed E-state index contributed by atoms with van der Waals surface area (Å²) < 4.78 is 0. The Morgan fingerprint density at radius 1 is 1.56 bits per heavy atom. The van der Waals surface area contributed by atoms with Gasteiger partial charge in [-0.3, -0.25) is 4.98 Å². The highest BCUT2D eigenvalue weighted by Crippen LogP contribution is 2.17. The van der Waals surface area contributed by atoms with E-state index in [1.54, 1.807) is 0 Å². The fraction of sp³-hybridized carbons (Fsp3) is 0.462. The molecule has 3 nitrogen and oxygen atoms in total. The van der Waals surface area contributed by atoms with E-state index in [0.29, 0.717) is 12.6 Å². The molecule has 0 bridgehead atoms. The Kier molecular flexibility index (Phi) is 4.81. The zero-order valence-electron chi connectivity index (χ0n) is 10.2. The molecule has 0 saturated carbocycles. The Hall–Kier alpha value is -1.53. The summed E-state index contributed by atoms with van der Waals surface area (Å²) in [6.45, 7) is 5.70. The third kappa shape index (κ3) is 3.56. The van der Waals surface area contributed by atoms with E-state index < -0.39 is 0 Å². The smallest absolute Gasteiger partial charge is 0.0789 e. The summed E-state index contributed by atoms with van der Waals surface area (Å²) in [5.41, 5.74) is 2.31. The minimum atomic E-state index is 0.471. The van der Waals surface area contributed by atoms with E-state index in [9.17, 15) is 0 Å². The van der Waals surface area contributed by atoms with Gasteiger partial charge in [0, 0.05) is 25.8 Å². The summed E-state index contributed by atoms with van der Waals surface area (Å²) in [7, 11) is 1.98. The number of anilines is 1. The predicted molar refractivity (Wildman–Crippen MR) is 68.3 cm³/mol. The summed E-state index contributed by atoms with van der Waals surface area (Å²) >= 11 is 0. The normalized spacial score (nSPS) is 10.2. The maximum atomic E-state index is 5.31. The molecule has 1 rings (SSSR count). The van der Waals surface area contributed by atoms with Gasteiger partial charge in [-0.25, -0.2) is 0 Å². The van der Waals surface area contributed by atoms with Gasteiger partial charge in [0.2, 0.25) is 0 Å². The predicted octanol–water partition coefficient (Wildman–Crippen LogP) is 1.65. The average molecular weight is 217 g/mol. The lowest BCUT2D eigenvalue weighted by atomic mass is 10.2. The maximum absolute atomic E-state index is 5.31. The molecule has 0 aliphatic rings. The van der Waals surface area contributed by atoms with Crippen LogP contribution < -0.4 is 10.2 Å². The van der Waals surface area contributed by atoms with Crippen molar-refractivity contribution in [3.8, 4) is 12.3 Å². The van der Waals surface area contributed by atoms with E-state index in [1.165, 1.54) is 5.56 Å². The van der Waals surface area contributed by atoms with Crippen LogP contribution in [0.5, 0.6) is 0 Å². The van der Waals surface area contributed by atoms with Gasteiger partial charge in [0.15, 0.2) is 0 Å². The van der Waals surface area contributed by atoms with Gasteiger partial charge in [-0.1, -0.05) is 19.8 Å². The number of hydrogen-bond acceptors (Lipinski definition) is 3. The number of pyridine rings is 1. The Bertz CT molecular complexity index is 366. The van der Waals surface area contributed by atoms with Crippen LogP contribution in [0.15, 0.2) is 18.5 Å². The molecule has 0 atom stereocenters. The fourth-order valence-corrected chi connectivity index (χ4v) is 1.44. The van der Waals surface area contributed by atoms with Crippen LogP contribution in [0, 0.1) is 12.3 Å². The minimum Gasteiger partial charge on any atom is -0.362 e. The summed E-state index contributed by atoms with van der Waals surface area (Å²) in [5.74, 6) is 2.64. The van der Waals surface area contributed by atoms with Crippen molar-refractivity contribution in [3.05, 3.63) is 24.0 Å². The molecule has 0 unspecified atom stereocenters. The van der Waals surface area contributed by atoms with Crippen LogP contribution in [0.4, 0.5) is 5.69 Å². The highest BCUT2D eigenvalue weighted by Gasteiger charge is 2.06. The van der Waals surface area contributed by atoms with Crippen molar-refractivity contribution in [3.63, 3.8) is 0 Å². The summed E-state index contributed by atoms with van der Waals surface area (Å²) in [5, 5.41) is 3.39. The first-order valence-electron chi connectivity index (χ1n) is 5.46. The number of rotatable bonds is 5. The summed E-state index contributed by atoms with van der Waals surface area (Å²) in [4.78, 5) is 6.17. The third-order valence-corrected chi connectivity index (χ3v) is 2.33. The van der Waals surface area contributed by atoms with E-state index >= 15 is 0 Å². The van der Waals surface area contributed by atoms with Crippen molar-refractivity contribution in [2.75, 3.05) is 18.5 Å². The molecule has 0 aliphatic heterocycles. The van der Waals surface area contributed by atoms with Gasteiger partial charge in [-0.2, -0.15) is 0 Å². The van der Waals surface area contributed by atoms with E-state index in [2.05, 4.69) is 30.1 Å². The van der Waals surface area contributed by atoms with Crippen LogP contribution in [0.25, 0.3) is 0 Å². The molecule has 0 aliphatic carbocycles. The molecule has 0 saturated heterocycles. The third-order valence-electron chi connectivity index (χ3n) is 2.33. The van der Waals surface area contributed by atoms with Crippen LogP contribution in [0.3, 0.4) is 0 Å². The van der Waals surface area contributed by atoms with Gasteiger partial charge in [-0.05, 0) is 11.6 Å². The van der Waals surface area contributed by atoms with E-state index in [0.717, 1.165) is 12.2 Å². The number of hydrogen-bond donors (Lipinski definition) is 1. The average Bonchev–Trinajstić information content (AvgIpc) is 2.27. The monoisotopic (exact) mass is 217 g/mol. The highest BCUT2D eigenvalue weighted by atomic mass is 15.1.